The predicted molar refractivity (Wildman–Crippen MR) is 83.3 cm³/mol. The molecule has 0 heterocycles. The summed E-state index contributed by atoms with van der Waals surface area (Å²) in [6.45, 7) is 2.04. The van der Waals surface area contributed by atoms with E-state index in [1.807, 2.05) is 37.3 Å². The SMILES string of the molecule is Cc1ccc(Nc2ccc(C(=O)N(C)C)cc2N)cc1. The predicted octanol–water partition coefficient (Wildman–Crippen LogP) is 3.02. The van der Waals surface area contributed by atoms with E-state index in [0.717, 1.165) is 11.4 Å². The van der Waals surface area contributed by atoms with E-state index in [2.05, 4.69) is 5.32 Å². The van der Waals surface area contributed by atoms with Gasteiger partial charge in [-0.1, -0.05) is 17.7 Å². The van der Waals surface area contributed by atoms with Crippen LogP contribution in [0.1, 0.15) is 15.9 Å². The average molecular weight is 269 g/mol. The molecule has 4 nitrogen and oxygen atoms in total. The van der Waals surface area contributed by atoms with Crippen molar-refractivity contribution in [3.05, 3.63) is 53.6 Å². The molecule has 104 valence electrons. The quantitative estimate of drug-likeness (QED) is 0.842. The first-order valence-electron chi connectivity index (χ1n) is 6.42. The van der Waals surface area contributed by atoms with Crippen LogP contribution in [-0.2, 0) is 0 Å². The lowest BCUT2D eigenvalue weighted by Crippen LogP contribution is -2.21. The Labute approximate surface area is 119 Å². The molecule has 4 heteroatoms. The van der Waals surface area contributed by atoms with E-state index in [0.29, 0.717) is 11.3 Å². The molecule has 0 saturated carbocycles. The van der Waals surface area contributed by atoms with E-state index in [1.54, 1.807) is 26.2 Å². The van der Waals surface area contributed by atoms with Gasteiger partial charge in [0.15, 0.2) is 0 Å². The van der Waals surface area contributed by atoms with Gasteiger partial charge in [0.25, 0.3) is 5.91 Å². The number of anilines is 3. The van der Waals surface area contributed by atoms with E-state index < -0.39 is 0 Å². The molecule has 0 spiro atoms. The number of hydrogen-bond acceptors (Lipinski definition) is 3. The van der Waals surface area contributed by atoms with Crippen molar-refractivity contribution in [2.45, 2.75) is 6.92 Å². The van der Waals surface area contributed by atoms with E-state index in [-0.39, 0.29) is 5.91 Å². The Morgan fingerprint density at radius 3 is 2.30 bits per heavy atom. The van der Waals surface area contributed by atoms with Crippen molar-refractivity contribution >= 4 is 23.0 Å². The van der Waals surface area contributed by atoms with Crippen LogP contribution in [0.15, 0.2) is 42.5 Å². The Bertz CT molecular complexity index is 618. The van der Waals surface area contributed by atoms with Crippen LogP contribution in [0.4, 0.5) is 17.1 Å². The average Bonchev–Trinajstić information content (AvgIpc) is 2.42. The number of nitrogens with zero attached hydrogens (tertiary/aromatic N) is 1. The summed E-state index contributed by atoms with van der Waals surface area (Å²) in [5.41, 5.74) is 10.1. The fraction of sp³-hybridized carbons (Fsp3) is 0.188. The molecule has 2 aromatic carbocycles. The normalized spacial score (nSPS) is 10.2. The van der Waals surface area contributed by atoms with Crippen molar-refractivity contribution in [2.24, 2.45) is 0 Å². The van der Waals surface area contributed by atoms with Crippen molar-refractivity contribution < 1.29 is 4.79 Å². The van der Waals surface area contributed by atoms with Gasteiger partial charge in [-0.25, -0.2) is 0 Å². The van der Waals surface area contributed by atoms with Crippen molar-refractivity contribution in [2.75, 3.05) is 25.1 Å². The van der Waals surface area contributed by atoms with Gasteiger partial charge in [-0.15, -0.1) is 0 Å². The number of nitrogens with one attached hydrogen (secondary N) is 1. The molecule has 0 saturated heterocycles. The van der Waals surface area contributed by atoms with Gasteiger partial charge in [0, 0.05) is 25.3 Å². The summed E-state index contributed by atoms with van der Waals surface area (Å²) in [5.74, 6) is -0.0569. The molecule has 0 bridgehead atoms. The van der Waals surface area contributed by atoms with Crippen LogP contribution in [0.2, 0.25) is 0 Å². The minimum Gasteiger partial charge on any atom is -0.397 e. The molecule has 0 atom stereocenters. The maximum Gasteiger partial charge on any atom is 0.253 e. The summed E-state index contributed by atoms with van der Waals surface area (Å²) in [7, 11) is 3.44. The first-order chi connectivity index (χ1) is 9.47. The van der Waals surface area contributed by atoms with Crippen LogP contribution in [0.25, 0.3) is 0 Å². The highest BCUT2D eigenvalue weighted by Gasteiger charge is 2.10. The summed E-state index contributed by atoms with van der Waals surface area (Å²) in [6.07, 6.45) is 0. The van der Waals surface area contributed by atoms with Gasteiger partial charge in [0.2, 0.25) is 0 Å². The molecule has 0 aliphatic rings. The maximum atomic E-state index is 11.9. The maximum absolute atomic E-state index is 11.9. The van der Waals surface area contributed by atoms with Crippen LogP contribution in [-0.4, -0.2) is 24.9 Å². The highest BCUT2D eigenvalue weighted by Crippen LogP contribution is 2.24. The number of carbonyl (C=O) groups is 1. The third-order valence-electron chi connectivity index (χ3n) is 3.04. The Kier molecular flexibility index (Phi) is 3.94. The third kappa shape index (κ3) is 3.09. The Hall–Kier alpha value is -2.49. The topological polar surface area (TPSA) is 58.4 Å². The second-order valence-corrected chi connectivity index (χ2v) is 4.99. The summed E-state index contributed by atoms with van der Waals surface area (Å²) >= 11 is 0. The van der Waals surface area contributed by atoms with Crippen molar-refractivity contribution in [3.8, 4) is 0 Å². The lowest BCUT2D eigenvalue weighted by Gasteiger charge is -2.13. The van der Waals surface area contributed by atoms with E-state index in [1.165, 1.54) is 10.5 Å². The van der Waals surface area contributed by atoms with E-state index in [9.17, 15) is 4.79 Å². The second kappa shape index (κ2) is 5.65. The zero-order valence-corrected chi connectivity index (χ0v) is 12.0. The zero-order chi connectivity index (χ0) is 14.7. The Balaban J connectivity index is 2.22. The monoisotopic (exact) mass is 269 g/mol. The molecule has 0 fully saturated rings. The number of benzene rings is 2. The molecule has 0 unspecified atom stereocenters. The van der Waals surface area contributed by atoms with Gasteiger partial charge in [-0.2, -0.15) is 0 Å². The van der Waals surface area contributed by atoms with Crippen LogP contribution in [0.5, 0.6) is 0 Å². The molecule has 0 radical (unpaired) electrons. The summed E-state index contributed by atoms with van der Waals surface area (Å²) in [6, 6.07) is 13.3. The fourth-order valence-corrected chi connectivity index (χ4v) is 1.86. The molecule has 0 aliphatic heterocycles. The second-order valence-electron chi connectivity index (χ2n) is 4.99. The standard InChI is InChI=1S/C16H19N3O/c1-11-4-7-13(8-5-11)18-15-9-6-12(10-14(15)17)16(20)19(2)3/h4-10,18H,17H2,1-3H3. The van der Waals surface area contributed by atoms with Crippen molar-refractivity contribution in [1.82, 2.24) is 4.90 Å². The number of aryl methyl sites for hydroxylation is 1. The van der Waals surface area contributed by atoms with Gasteiger partial charge < -0.3 is 16.0 Å². The number of hydrogen-bond donors (Lipinski definition) is 2. The van der Waals surface area contributed by atoms with Gasteiger partial charge in [0.1, 0.15) is 0 Å². The molecular weight excluding hydrogens is 250 g/mol. The molecule has 0 aromatic heterocycles. The smallest absolute Gasteiger partial charge is 0.253 e. The van der Waals surface area contributed by atoms with E-state index in [4.69, 9.17) is 5.73 Å². The number of carbonyl (C=O) groups excluding carboxylic acids is 1. The van der Waals surface area contributed by atoms with Gasteiger partial charge in [0.05, 0.1) is 11.4 Å². The number of amides is 1. The van der Waals surface area contributed by atoms with Crippen molar-refractivity contribution in [1.29, 1.82) is 0 Å². The van der Waals surface area contributed by atoms with E-state index >= 15 is 0 Å². The Morgan fingerprint density at radius 2 is 1.75 bits per heavy atom. The van der Waals surface area contributed by atoms with Gasteiger partial charge >= 0.3 is 0 Å². The van der Waals surface area contributed by atoms with Crippen molar-refractivity contribution in [3.63, 3.8) is 0 Å². The molecular formula is C16H19N3O. The lowest BCUT2D eigenvalue weighted by atomic mass is 10.1. The Morgan fingerprint density at radius 1 is 1.10 bits per heavy atom. The molecule has 2 rings (SSSR count). The minimum atomic E-state index is -0.0569. The highest BCUT2D eigenvalue weighted by atomic mass is 16.2. The molecule has 2 aromatic rings. The first-order valence-corrected chi connectivity index (χ1v) is 6.42. The zero-order valence-electron chi connectivity index (χ0n) is 12.0. The highest BCUT2D eigenvalue weighted by molar-refractivity contribution is 5.96. The van der Waals surface area contributed by atoms with Gasteiger partial charge in [-0.05, 0) is 37.3 Å². The largest absolute Gasteiger partial charge is 0.397 e. The van der Waals surface area contributed by atoms with Crippen LogP contribution >= 0.6 is 0 Å². The molecule has 0 aliphatic carbocycles. The summed E-state index contributed by atoms with van der Waals surface area (Å²) in [5, 5.41) is 3.24. The third-order valence-corrected chi connectivity index (χ3v) is 3.04. The summed E-state index contributed by atoms with van der Waals surface area (Å²) < 4.78 is 0. The first kappa shape index (κ1) is 13.9. The number of nitrogens with two attached hydrogens (primary N) is 1. The molecule has 20 heavy (non-hydrogen) atoms. The fourth-order valence-electron chi connectivity index (χ4n) is 1.86. The summed E-state index contributed by atoms with van der Waals surface area (Å²) in [4.78, 5) is 13.4. The number of nitrogen functional groups attached to an aromatic ring is 1. The van der Waals surface area contributed by atoms with Crippen LogP contribution < -0.4 is 11.1 Å². The minimum absolute atomic E-state index is 0.0569. The van der Waals surface area contributed by atoms with Crippen LogP contribution in [0.3, 0.4) is 0 Å². The van der Waals surface area contributed by atoms with Gasteiger partial charge in [-0.3, -0.25) is 4.79 Å². The lowest BCUT2D eigenvalue weighted by molar-refractivity contribution is 0.0827. The number of rotatable bonds is 3. The molecule has 1 amide bonds. The van der Waals surface area contributed by atoms with Crippen LogP contribution in [0, 0.1) is 6.92 Å². The molecule has 3 N–H and O–H groups in total.